The van der Waals surface area contributed by atoms with Gasteiger partial charge in [0.05, 0.1) is 25.3 Å². The van der Waals surface area contributed by atoms with Crippen LogP contribution in [-0.2, 0) is 9.59 Å². The van der Waals surface area contributed by atoms with Crippen molar-refractivity contribution >= 4 is 17.4 Å². The molecular formula is C29H38N2O5. The van der Waals surface area contributed by atoms with Gasteiger partial charge < -0.3 is 24.4 Å². The smallest absolute Gasteiger partial charge is 0.295 e. The van der Waals surface area contributed by atoms with Crippen LogP contribution in [0.4, 0.5) is 0 Å². The maximum atomic E-state index is 13.3. The summed E-state index contributed by atoms with van der Waals surface area (Å²) in [7, 11) is 1.56. The zero-order valence-corrected chi connectivity index (χ0v) is 22.0. The maximum absolute atomic E-state index is 13.3. The summed E-state index contributed by atoms with van der Waals surface area (Å²) in [6.45, 7) is 11.8. The molecule has 1 unspecified atom stereocenters. The molecule has 194 valence electrons. The lowest BCUT2D eigenvalue weighted by Gasteiger charge is -2.27. The van der Waals surface area contributed by atoms with Crippen molar-refractivity contribution in [2.24, 2.45) is 0 Å². The van der Waals surface area contributed by atoms with Gasteiger partial charge in [-0.2, -0.15) is 0 Å². The predicted octanol–water partition coefficient (Wildman–Crippen LogP) is 4.95. The SMILES string of the molecule is CCCOc1ccc(C2C(=C(O)c3ccc(C)cc3)C(=O)C(=O)N2CCCN(CC)CC)cc1OC. The number of carbonyl (C=O) groups excluding carboxylic acids is 2. The molecule has 1 heterocycles. The maximum Gasteiger partial charge on any atom is 0.295 e. The second kappa shape index (κ2) is 12.6. The number of Topliss-reactive ketones (excluding diaryl/α,β-unsaturated/α-hetero) is 1. The first kappa shape index (κ1) is 27.3. The molecule has 0 saturated carbocycles. The molecule has 7 heteroatoms. The number of aliphatic hydroxyl groups excluding tert-OH is 1. The monoisotopic (exact) mass is 494 g/mol. The van der Waals surface area contributed by atoms with E-state index in [4.69, 9.17) is 9.47 Å². The third-order valence-corrected chi connectivity index (χ3v) is 6.60. The van der Waals surface area contributed by atoms with Gasteiger partial charge in [-0.15, -0.1) is 0 Å². The molecule has 0 aromatic heterocycles. The summed E-state index contributed by atoms with van der Waals surface area (Å²) in [6, 6.07) is 12.0. The van der Waals surface area contributed by atoms with Gasteiger partial charge in [-0.1, -0.05) is 56.7 Å². The summed E-state index contributed by atoms with van der Waals surface area (Å²) in [5, 5.41) is 11.3. The Labute approximate surface area is 214 Å². The third kappa shape index (κ3) is 5.90. The number of aliphatic hydroxyl groups is 1. The van der Waals surface area contributed by atoms with E-state index in [0.717, 1.165) is 31.6 Å². The van der Waals surface area contributed by atoms with Gasteiger partial charge in [0, 0.05) is 12.1 Å². The number of aryl methyl sites for hydroxylation is 1. The summed E-state index contributed by atoms with van der Waals surface area (Å²) in [4.78, 5) is 30.4. The Hall–Kier alpha value is -3.32. The molecule has 0 bridgehead atoms. The van der Waals surface area contributed by atoms with Crippen LogP contribution in [0.15, 0.2) is 48.0 Å². The minimum atomic E-state index is -0.725. The number of hydrogen-bond donors (Lipinski definition) is 1. The standard InChI is InChI=1S/C29H38N2O5/c1-6-18-36-23-15-14-22(19-24(23)35-5)26-25(27(32)21-12-10-20(4)11-13-21)28(33)29(34)31(26)17-9-16-30(7-2)8-3/h10-15,19,26,32H,6-9,16-18H2,1-5H3. The van der Waals surface area contributed by atoms with Crippen molar-refractivity contribution in [3.8, 4) is 11.5 Å². The number of ether oxygens (including phenoxy) is 2. The Balaban J connectivity index is 2.07. The van der Waals surface area contributed by atoms with Crippen molar-refractivity contribution < 1.29 is 24.2 Å². The van der Waals surface area contributed by atoms with Crippen molar-refractivity contribution in [3.63, 3.8) is 0 Å². The summed E-state index contributed by atoms with van der Waals surface area (Å²) in [5.74, 6) is -0.329. The Bertz CT molecular complexity index is 1090. The molecule has 0 aliphatic carbocycles. The van der Waals surface area contributed by atoms with Gasteiger partial charge in [0.1, 0.15) is 5.76 Å². The Morgan fingerprint density at radius 3 is 2.33 bits per heavy atom. The van der Waals surface area contributed by atoms with Gasteiger partial charge in [0.2, 0.25) is 0 Å². The molecule has 1 aliphatic heterocycles. The molecule has 1 atom stereocenters. The summed E-state index contributed by atoms with van der Waals surface area (Å²) < 4.78 is 11.4. The van der Waals surface area contributed by atoms with Gasteiger partial charge in [-0.25, -0.2) is 0 Å². The summed E-state index contributed by atoms with van der Waals surface area (Å²) in [5.41, 5.74) is 2.32. The Morgan fingerprint density at radius 1 is 1.03 bits per heavy atom. The lowest BCUT2D eigenvalue weighted by molar-refractivity contribution is -0.140. The molecule has 7 nitrogen and oxygen atoms in total. The van der Waals surface area contributed by atoms with Crippen LogP contribution in [0.3, 0.4) is 0 Å². The van der Waals surface area contributed by atoms with Gasteiger partial charge in [-0.05, 0) is 57.1 Å². The van der Waals surface area contributed by atoms with Crippen LogP contribution in [0.1, 0.15) is 56.3 Å². The quantitative estimate of drug-likeness (QED) is 0.256. The number of nitrogens with zero attached hydrogens (tertiary/aromatic N) is 2. The first-order valence-corrected chi connectivity index (χ1v) is 12.7. The summed E-state index contributed by atoms with van der Waals surface area (Å²) in [6.07, 6.45) is 1.57. The normalized spacial score (nSPS) is 17.2. The molecule has 1 aliphatic rings. The molecule has 1 fully saturated rings. The average molecular weight is 495 g/mol. The number of methoxy groups -OCH3 is 1. The van der Waals surface area contributed by atoms with E-state index < -0.39 is 17.7 Å². The third-order valence-electron chi connectivity index (χ3n) is 6.60. The first-order valence-electron chi connectivity index (χ1n) is 12.7. The minimum absolute atomic E-state index is 0.0935. The first-order chi connectivity index (χ1) is 17.4. The van der Waals surface area contributed by atoms with E-state index in [2.05, 4.69) is 18.7 Å². The number of hydrogen-bond acceptors (Lipinski definition) is 6. The van der Waals surface area contributed by atoms with Gasteiger partial charge >= 0.3 is 0 Å². The number of ketones is 1. The van der Waals surface area contributed by atoms with Crippen LogP contribution in [0.2, 0.25) is 0 Å². The van der Waals surface area contributed by atoms with E-state index in [9.17, 15) is 14.7 Å². The fourth-order valence-electron chi connectivity index (χ4n) is 4.51. The van der Waals surface area contributed by atoms with Crippen molar-refractivity contribution in [1.29, 1.82) is 0 Å². The van der Waals surface area contributed by atoms with E-state index in [1.54, 1.807) is 36.3 Å². The number of benzene rings is 2. The van der Waals surface area contributed by atoms with Gasteiger partial charge in [0.15, 0.2) is 11.5 Å². The van der Waals surface area contributed by atoms with E-state index in [1.807, 2.05) is 32.0 Å². The number of likely N-dealkylation sites (tertiary alicyclic amines) is 1. The van der Waals surface area contributed by atoms with Crippen LogP contribution in [-0.4, -0.2) is 66.5 Å². The van der Waals surface area contributed by atoms with E-state index in [0.29, 0.717) is 42.2 Å². The van der Waals surface area contributed by atoms with E-state index in [1.165, 1.54) is 0 Å². The number of amides is 1. The van der Waals surface area contributed by atoms with E-state index >= 15 is 0 Å². The molecule has 0 radical (unpaired) electrons. The Kier molecular flexibility index (Phi) is 9.53. The van der Waals surface area contributed by atoms with Crippen LogP contribution in [0, 0.1) is 6.92 Å². The zero-order chi connectivity index (χ0) is 26.2. The second-order valence-corrected chi connectivity index (χ2v) is 9.00. The van der Waals surface area contributed by atoms with Gasteiger partial charge in [0.25, 0.3) is 11.7 Å². The highest BCUT2D eigenvalue weighted by Crippen LogP contribution is 2.42. The highest BCUT2D eigenvalue weighted by molar-refractivity contribution is 6.46. The van der Waals surface area contributed by atoms with Crippen molar-refractivity contribution in [3.05, 3.63) is 64.7 Å². The molecule has 1 N–H and O–H groups in total. The summed E-state index contributed by atoms with van der Waals surface area (Å²) >= 11 is 0. The molecule has 2 aromatic rings. The van der Waals surface area contributed by atoms with Crippen LogP contribution >= 0.6 is 0 Å². The molecule has 1 amide bonds. The highest BCUT2D eigenvalue weighted by Gasteiger charge is 2.46. The molecule has 36 heavy (non-hydrogen) atoms. The molecule has 3 rings (SSSR count). The average Bonchev–Trinajstić information content (AvgIpc) is 3.14. The predicted molar refractivity (Wildman–Crippen MR) is 141 cm³/mol. The lowest BCUT2D eigenvalue weighted by atomic mass is 9.94. The fourth-order valence-corrected chi connectivity index (χ4v) is 4.51. The lowest BCUT2D eigenvalue weighted by Crippen LogP contribution is -2.33. The molecular weight excluding hydrogens is 456 g/mol. The number of carbonyl (C=O) groups is 2. The van der Waals surface area contributed by atoms with Crippen LogP contribution in [0.25, 0.3) is 5.76 Å². The van der Waals surface area contributed by atoms with Crippen molar-refractivity contribution in [1.82, 2.24) is 9.80 Å². The van der Waals surface area contributed by atoms with Gasteiger partial charge in [-0.3, -0.25) is 9.59 Å². The second-order valence-electron chi connectivity index (χ2n) is 9.00. The van der Waals surface area contributed by atoms with Crippen molar-refractivity contribution in [2.45, 2.75) is 46.6 Å². The van der Waals surface area contributed by atoms with E-state index in [-0.39, 0.29) is 11.3 Å². The Morgan fingerprint density at radius 2 is 1.72 bits per heavy atom. The largest absolute Gasteiger partial charge is 0.507 e. The minimum Gasteiger partial charge on any atom is -0.507 e. The van der Waals surface area contributed by atoms with Crippen LogP contribution < -0.4 is 9.47 Å². The zero-order valence-electron chi connectivity index (χ0n) is 22.0. The molecule has 1 saturated heterocycles. The van der Waals surface area contributed by atoms with Crippen LogP contribution in [0.5, 0.6) is 11.5 Å². The molecule has 0 spiro atoms. The number of rotatable bonds is 12. The fraction of sp³-hybridized carbons (Fsp3) is 0.448. The molecule has 2 aromatic carbocycles. The highest BCUT2D eigenvalue weighted by atomic mass is 16.5. The topological polar surface area (TPSA) is 79.3 Å². The van der Waals surface area contributed by atoms with Crippen molar-refractivity contribution in [2.75, 3.05) is 39.9 Å².